The van der Waals surface area contributed by atoms with Crippen molar-refractivity contribution in [2.24, 2.45) is 10.4 Å². The van der Waals surface area contributed by atoms with Gasteiger partial charge in [0.05, 0.1) is 5.54 Å². The fourth-order valence-electron chi connectivity index (χ4n) is 3.55. The van der Waals surface area contributed by atoms with E-state index in [4.69, 9.17) is 14.5 Å². The van der Waals surface area contributed by atoms with Crippen LogP contribution in [0.2, 0.25) is 0 Å². The lowest BCUT2D eigenvalue weighted by atomic mass is 9.82. The van der Waals surface area contributed by atoms with Crippen LogP contribution in [0.25, 0.3) is 0 Å². The molecule has 0 N–H and O–H groups in total. The van der Waals surface area contributed by atoms with Crippen LogP contribution in [0.15, 0.2) is 33.7 Å². The Morgan fingerprint density at radius 2 is 1.96 bits per heavy atom. The third-order valence-corrected chi connectivity index (χ3v) is 4.88. The molecular weight excluding hydrogens is 402 g/mol. The molecule has 27 heavy (non-hydrogen) atoms. The van der Waals surface area contributed by atoms with Crippen LogP contribution in [-0.2, 0) is 9.47 Å². The van der Waals surface area contributed by atoms with Crippen molar-refractivity contribution in [1.29, 1.82) is 0 Å². The summed E-state index contributed by atoms with van der Waals surface area (Å²) in [5.41, 5.74) is 1.80. The molecule has 1 atom stereocenters. The highest BCUT2D eigenvalue weighted by Crippen LogP contribution is 2.30. The molecule has 1 aromatic rings. The van der Waals surface area contributed by atoms with Crippen LogP contribution in [0.1, 0.15) is 65.9 Å². The lowest BCUT2D eigenvalue weighted by Gasteiger charge is -2.29. The second-order valence-corrected chi connectivity index (χ2v) is 9.75. The Morgan fingerprint density at radius 3 is 2.59 bits per heavy atom. The Bertz CT molecular complexity index is 701. The number of hydrogen-bond acceptors (Lipinski definition) is 3. The standard InChI is InChI=1S/C23H32BrNO2/c1-22(2,3)17-23(4,5)25-20(18-11-6-7-12-19(18)24)13-10-16-27-21-14-8-9-15-26-21/h6-7,11-12,21H,8-9,14-17H2,1-5H3. The number of ether oxygens (including phenoxy) is 2. The lowest BCUT2D eigenvalue weighted by Crippen LogP contribution is -2.26. The normalized spacial score (nSPS) is 18.7. The van der Waals surface area contributed by atoms with Crippen LogP contribution in [0, 0.1) is 17.3 Å². The number of benzene rings is 1. The van der Waals surface area contributed by atoms with Gasteiger partial charge >= 0.3 is 0 Å². The predicted octanol–water partition coefficient (Wildman–Crippen LogP) is 6.00. The van der Waals surface area contributed by atoms with Crippen LogP contribution >= 0.6 is 15.9 Å². The van der Waals surface area contributed by atoms with Gasteiger partial charge in [0.1, 0.15) is 12.3 Å². The van der Waals surface area contributed by atoms with Gasteiger partial charge in [-0.3, -0.25) is 4.99 Å². The van der Waals surface area contributed by atoms with Gasteiger partial charge in [0.15, 0.2) is 6.29 Å². The molecule has 1 saturated heterocycles. The van der Waals surface area contributed by atoms with Crippen LogP contribution in [0.4, 0.5) is 0 Å². The predicted molar refractivity (Wildman–Crippen MR) is 116 cm³/mol. The summed E-state index contributed by atoms with van der Waals surface area (Å²) < 4.78 is 12.3. The van der Waals surface area contributed by atoms with Crippen molar-refractivity contribution in [1.82, 2.24) is 0 Å². The smallest absolute Gasteiger partial charge is 0.158 e. The Morgan fingerprint density at radius 1 is 1.22 bits per heavy atom. The number of aliphatic imine (C=N–C) groups is 1. The second-order valence-electron chi connectivity index (χ2n) is 8.90. The third-order valence-electron chi connectivity index (χ3n) is 4.19. The number of rotatable bonds is 5. The van der Waals surface area contributed by atoms with E-state index in [9.17, 15) is 0 Å². The minimum atomic E-state index is -0.203. The zero-order valence-corrected chi connectivity index (χ0v) is 18.9. The van der Waals surface area contributed by atoms with E-state index in [0.29, 0.717) is 6.61 Å². The minimum Gasteiger partial charge on any atom is -0.353 e. The summed E-state index contributed by atoms with van der Waals surface area (Å²) in [5.74, 6) is 6.39. The molecule has 1 heterocycles. The van der Waals surface area contributed by atoms with E-state index in [1.54, 1.807) is 0 Å². The molecule has 0 bridgehead atoms. The molecule has 0 radical (unpaired) electrons. The molecule has 4 heteroatoms. The highest BCUT2D eigenvalue weighted by Gasteiger charge is 2.25. The molecule has 1 fully saturated rings. The molecule has 0 aromatic heterocycles. The van der Waals surface area contributed by atoms with Gasteiger partial charge in [0, 0.05) is 16.6 Å². The van der Waals surface area contributed by atoms with Crippen LogP contribution < -0.4 is 0 Å². The number of nitrogens with zero attached hydrogens (tertiary/aromatic N) is 1. The Kier molecular flexibility index (Phi) is 8.09. The van der Waals surface area contributed by atoms with Crippen molar-refractivity contribution in [2.45, 2.75) is 72.1 Å². The second kappa shape index (κ2) is 9.87. The van der Waals surface area contributed by atoms with Gasteiger partial charge in [-0.25, -0.2) is 0 Å². The first-order chi connectivity index (χ1) is 12.7. The highest BCUT2D eigenvalue weighted by atomic mass is 79.9. The summed E-state index contributed by atoms with van der Waals surface area (Å²) in [7, 11) is 0. The highest BCUT2D eigenvalue weighted by molar-refractivity contribution is 9.10. The molecule has 1 aromatic carbocycles. The maximum absolute atomic E-state index is 5.75. The molecule has 0 saturated carbocycles. The van der Waals surface area contributed by atoms with E-state index in [1.807, 2.05) is 18.2 Å². The lowest BCUT2D eigenvalue weighted by molar-refractivity contribution is -0.154. The molecule has 0 amide bonds. The average molecular weight is 434 g/mol. The van der Waals surface area contributed by atoms with Crippen LogP contribution in [0.5, 0.6) is 0 Å². The fraction of sp³-hybridized carbons (Fsp3) is 0.609. The molecule has 1 aliphatic rings. The van der Waals surface area contributed by atoms with Gasteiger partial charge in [-0.15, -0.1) is 0 Å². The molecule has 1 unspecified atom stereocenters. The first-order valence-corrected chi connectivity index (χ1v) is 10.5. The summed E-state index contributed by atoms with van der Waals surface area (Å²) in [6.07, 6.45) is 4.08. The van der Waals surface area contributed by atoms with E-state index in [1.165, 1.54) is 0 Å². The van der Waals surface area contributed by atoms with Crippen molar-refractivity contribution in [3.05, 3.63) is 34.3 Å². The molecule has 0 aliphatic carbocycles. The monoisotopic (exact) mass is 433 g/mol. The van der Waals surface area contributed by atoms with E-state index >= 15 is 0 Å². The molecule has 2 rings (SSSR count). The molecule has 1 aliphatic heterocycles. The Balaban J connectivity index is 2.19. The maximum atomic E-state index is 5.75. The van der Waals surface area contributed by atoms with Gasteiger partial charge in [-0.2, -0.15) is 0 Å². The first-order valence-electron chi connectivity index (χ1n) is 9.73. The van der Waals surface area contributed by atoms with Crippen LogP contribution in [-0.4, -0.2) is 30.8 Å². The van der Waals surface area contributed by atoms with Gasteiger partial charge in [-0.05, 0) is 56.9 Å². The Hall–Kier alpha value is -1.15. The molecular formula is C23H32BrNO2. The summed E-state index contributed by atoms with van der Waals surface area (Å²) in [4.78, 5) is 5.04. The summed E-state index contributed by atoms with van der Waals surface area (Å²) in [6, 6.07) is 8.09. The van der Waals surface area contributed by atoms with Crippen molar-refractivity contribution in [3.63, 3.8) is 0 Å². The van der Waals surface area contributed by atoms with Gasteiger partial charge < -0.3 is 9.47 Å². The topological polar surface area (TPSA) is 30.8 Å². The maximum Gasteiger partial charge on any atom is 0.158 e. The molecule has 3 nitrogen and oxygen atoms in total. The summed E-state index contributed by atoms with van der Waals surface area (Å²) in [6.45, 7) is 12.2. The zero-order valence-electron chi connectivity index (χ0n) is 17.3. The van der Waals surface area contributed by atoms with E-state index in [2.05, 4.69) is 68.5 Å². The fourth-order valence-corrected chi connectivity index (χ4v) is 4.02. The van der Waals surface area contributed by atoms with Gasteiger partial charge in [-0.1, -0.05) is 60.8 Å². The summed E-state index contributed by atoms with van der Waals surface area (Å²) in [5, 5.41) is 0. The number of hydrogen-bond donors (Lipinski definition) is 0. The zero-order chi connectivity index (χ0) is 19.9. The van der Waals surface area contributed by atoms with E-state index in [0.717, 1.165) is 48.0 Å². The minimum absolute atomic E-state index is 0.116. The molecule has 0 spiro atoms. The average Bonchev–Trinajstić information content (AvgIpc) is 2.57. The third kappa shape index (κ3) is 8.17. The SMILES string of the molecule is CC(C)(C)CC(C)(C)N=C(C#CCOC1CCCCO1)c1ccccc1Br. The molecule has 148 valence electrons. The van der Waals surface area contributed by atoms with E-state index in [-0.39, 0.29) is 17.2 Å². The van der Waals surface area contributed by atoms with Gasteiger partial charge in [0.25, 0.3) is 0 Å². The number of halogens is 1. The van der Waals surface area contributed by atoms with Crippen molar-refractivity contribution in [2.75, 3.05) is 13.2 Å². The quantitative estimate of drug-likeness (QED) is 0.420. The first kappa shape index (κ1) is 22.1. The van der Waals surface area contributed by atoms with Crippen molar-refractivity contribution < 1.29 is 9.47 Å². The van der Waals surface area contributed by atoms with Crippen molar-refractivity contribution in [3.8, 4) is 11.8 Å². The summed E-state index contributed by atoms with van der Waals surface area (Å²) >= 11 is 3.64. The van der Waals surface area contributed by atoms with Crippen LogP contribution in [0.3, 0.4) is 0 Å². The van der Waals surface area contributed by atoms with Gasteiger partial charge in [0.2, 0.25) is 0 Å². The van der Waals surface area contributed by atoms with Crippen molar-refractivity contribution >= 4 is 21.6 Å². The Labute approximate surface area is 173 Å². The largest absolute Gasteiger partial charge is 0.353 e. The van der Waals surface area contributed by atoms with E-state index < -0.39 is 0 Å².